The van der Waals surface area contributed by atoms with E-state index >= 15 is 0 Å². The van der Waals surface area contributed by atoms with Crippen LogP contribution in [0.2, 0.25) is 0 Å². The van der Waals surface area contributed by atoms with Gasteiger partial charge in [0, 0.05) is 5.56 Å². The zero-order valence-corrected chi connectivity index (χ0v) is 8.56. The Bertz CT molecular complexity index is 548. The molecule has 82 valence electrons. The highest BCUT2D eigenvalue weighted by molar-refractivity contribution is 5.97. The Kier molecular flexibility index (Phi) is 2.32. The van der Waals surface area contributed by atoms with E-state index in [1.54, 1.807) is 25.1 Å². The third kappa shape index (κ3) is 1.50. The van der Waals surface area contributed by atoms with Crippen molar-refractivity contribution >= 4 is 5.91 Å². The minimum Gasteiger partial charge on any atom is -0.507 e. The van der Waals surface area contributed by atoms with Crippen LogP contribution < -0.4 is 5.73 Å². The lowest BCUT2D eigenvalue weighted by Gasteiger charge is -2.04. The van der Waals surface area contributed by atoms with Crippen LogP contribution in [-0.2, 0) is 0 Å². The molecule has 2 rings (SSSR count). The molecular formula is C10H10N4O2. The highest BCUT2D eigenvalue weighted by Crippen LogP contribution is 2.31. The molecule has 6 nitrogen and oxygen atoms in total. The summed E-state index contributed by atoms with van der Waals surface area (Å²) in [6.45, 7) is 1.75. The fourth-order valence-corrected chi connectivity index (χ4v) is 1.44. The van der Waals surface area contributed by atoms with Gasteiger partial charge in [0.1, 0.15) is 11.4 Å². The zero-order valence-electron chi connectivity index (χ0n) is 8.56. The van der Waals surface area contributed by atoms with Gasteiger partial charge in [0.15, 0.2) is 5.69 Å². The number of aromatic amines is 1. The number of rotatable bonds is 2. The number of nitrogens with zero attached hydrogens (tertiary/aromatic N) is 2. The molecule has 0 radical (unpaired) electrons. The number of aromatic hydroxyl groups is 1. The third-order valence-electron chi connectivity index (χ3n) is 2.27. The van der Waals surface area contributed by atoms with Crippen LogP contribution >= 0.6 is 0 Å². The molecule has 1 amide bonds. The standard InChI is InChI=1S/C10H10N4O2/c1-5-3-2-4-6(9(5)15)7-8(10(11)16)13-14-12-7/h2-4,15H,1H3,(H2,11,16)(H,12,13,14). The number of hydrogen-bond acceptors (Lipinski definition) is 4. The van der Waals surface area contributed by atoms with Crippen LogP contribution in [0.3, 0.4) is 0 Å². The Hall–Kier alpha value is -2.37. The topological polar surface area (TPSA) is 105 Å². The summed E-state index contributed by atoms with van der Waals surface area (Å²) >= 11 is 0. The quantitative estimate of drug-likeness (QED) is 0.685. The number of primary amides is 1. The SMILES string of the molecule is Cc1cccc(-c2n[nH]nc2C(N)=O)c1O. The summed E-state index contributed by atoms with van der Waals surface area (Å²) in [6, 6.07) is 5.15. The maximum Gasteiger partial charge on any atom is 0.271 e. The monoisotopic (exact) mass is 218 g/mol. The number of nitrogens with two attached hydrogens (primary N) is 1. The first-order chi connectivity index (χ1) is 7.61. The van der Waals surface area contributed by atoms with Gasteiger partial charge in [-0.2, -0.15) is 15.4 Å². The number of carbonyl (C=O) groups is 1. The molecule has 0 spiro atoms. The Morgan fingerprint density at radius 1 is 1.44 bits per heavy atom. The van der Waals surface area contributed by atoms with Crippen molar-refractivity contribution in [3.05, 3.63) is 29.5 Å². The van der Waals surface area contributed by atoms with Gasteiger partial charge in [0.2, 0.25) is 0 Å². The number of benzene rings is 1. The minimum atomic E-state index is -0.690. The predicted molar refractivity (Wildman–Crippen MR) is 56.7 cm³/mol. The number of aryl methyl sites for hydroxylation is 1. The van der Waals surface area contributed by atoms with E-state index in [1.165, 1.54) is 0 Å². The summed E-state index contributed by atoms with van der Waals surface area (Å²) in [7, 11) is 0. The van der Waals surface area contributed by atoms with Crippen LogP contribution in [-0.4, -0.2) is 26.4 Å². The van der Waals surface area contributed by atoms with Crippen molar-refractivity contribution in [2.24, 2.45) is 5.73 Å². The lowest BCUT2D eigenvalue weighted by atomic mass is 10.1. The summed E-state index contributed by atoms with van der Waals surface area (Å²) in [4.78, 5) is 11.1. The van der Waals surface area contributed by atoms with Crippen LogP contribution in [0.5, 0.6) is 5.75 Å². The fourth-order valence-electron chi connectivity index (χ4n) is 1.44. The lowest BCUT2D eigenvalue weighted by molar-refractivity contribution is 0.0996. The van der Waals surface area contributed by atoms with Gasteiger partial charge in [-0.25, -0.2) is 0 Å². The first-order valence-electron chi connectivity index (χ1n) is 4.60. The van der Waals surface area contributed by atoms with E-state index in [-0.39, 0.29) is 17.1 Å². The average Bonchev–Trinajstić information content (AvgIpc) is 2.70. The molecule has 0 aliphatic rings. The molecule has 1 heterocycles. The van der Waals surface area contributed by atoms with Gasteiger partial charge in [-0.3, -0.25) is 4.79 Å². The number of hydrogen-bond donors (Lipinski definition) is 3. The molecule has 4 N–H and O–H groups in total. The largest absolute Gasteiger partial charge is 0.507 e. The molecule has 6 heteroatoms. The van der Waals surface area contributed by atoms with E-state index in [1.807, 2.05) is 0 Å². The van der Waals surface area contributed by atoms with Crippen molar-refractivity contribution in [3.63, 3.8) is 0 Å². The van der Waals surface area contributed by atoms with Crippen molar-refractivity contribution in [2.75, 3.05) is 0 Å². The maximum absolute atomic E-state index is 11.1. The normalized spacial score (nSPS) is 10.3. The van der Waals surface area contributed by atoms with Crippen LogP contribution in [0, 0.1) is 6.92 Å². The van der Waals surface area contributed by atoms with Crippen molar-refractivity contribution in [1.29, 1.82) is 0 Å². The summed E-state index contributed by atoms with van der Waals surface area (Å²) in [5, 5.41) is 19.6. The van der Waals surface area contributed by atoms with Crippen LogP contribution in [0.4, 0.5) is 0 Å². The van der Waals surface area contributed by atoms with Crippen molar-refractivity contribution in [1.82, 2.24) is 15.4 Å². The van der Waals surface area contributed by atoms with Crippen molar-refractivity contribution in [2.45, 2.75) is 6.92 Å². The molecule has 0 unspecified atom stereocenters. The van der Waals surface area contributed by atoms with Gasteiger partial charge < -0.3 is 10.8 Å². The second-order valence-electron chi connectivity index (χ2n) is 3.36. The summed E-state index contributed by atoms with van der Waals surface area (Å²) in [5.41, 5.74) is 6.54. The molecule has 0 saturated carbocycles. The van der Waals surface area contributed by atoms with E-state index in [0.29, 0.717) is 11.1 Å². The number of phenols is 1. The third-order valence-corrected chi connectivity index (χ3v) is 2.27. The Morgan fingerprint density at radius 2 is 2.19 bits per heavy atom. The number of para-hydroxylation sites is 1. The van der Waals surface area contributed by atoms with Gasteiger partial charge in [-0.1, -0.05) is 12.1 Å². The van der Waals surface area contributed by atoms with Gasteiger partial charge in [0.05, 0.1) is 0 Å². The number of amides is 1. The second-order valence-corrected chi connectivity index (χ2v) is 3.36. The molecule has 1 aromatic heterocycles. The molecular weight excluding hydrogens is 208 g/mol. The number of carbonyl (C=O) groups excluding carboxylic acids is 1. The van der Waals surface area contributed by atoms with Gasteiger partial charge >= 0.3 is 0 Å². The Balaban J connectivity index is 2.63. The molecule has 2 aromatic rings. The minimum absolute atomic E-state index is 0.0147. The molecule has 1 aromatic carbocycles. The number of aromatic nitrogens is 3. The molecule has 0 bridgehead atoms. The van der Waals surface area contributed by atoms with Crippen LogP contribution in [0.25, 0.3) is 11.3 Å². The predicted octanol–water partition coefficient (Wildman–Crippen LogP) is 0.585. The Morgan fingerprint density at radius 3 is 2.88 bits per heavy atom. The van der Waals surface area contributed by atoms with Crippen LogP contribution in [0.15, 0.2) is 18.2 Å². The van der Waals surface area contributed by atoms with Crippen molar-refractivity contribution < 1.29 is 9.90 Å². The van der Waals surface area contributed by atoms with Crippen LogP contribution in [0.1, 0.15) is 16.1 Å². The van der Waals surface area contributed by atoms with E-state index in [0.717, 1.165) is 0 Å². The second kappa shape index (κ2) is 3.65. The first kappa shape index (κ1) is 10.2. The van der Waals surface area contributed by atoms with E-state index in [2.05, 4.69) is 15.4 Å². The molecule has 16 heavy (non-hydrogen) atoms. The lowest BCUT2D eigenvalue weighted by Crippen LogP contribution is -2.12. The molecule has 0 fully saturated rings. The van der Waals surface area contributed by atoms with E-state index in [4.69, 9.17) is 5.73 Å². The fraction of sp³-hybridized carbons (Fsp3) is 0.100. The van der Waals surface area contributed by atoms with Gasteiger partial charge in [-0.15, -0.1) is 0 Å². The Labute approximate surface area is 91.1 Å². The number of H-pyrrole nitrogens is 1. The van der Waals surface area contributed by atoms with Gasteiger partial charge in [-0.05, 0) is 18.6 Å². The first-order valence-corrected chi connectivity index (χ1v) is 4.60. The van der Waals surface area contributed by atoms with Gasteiger partial charge in [0.25, 0.3) is 5.91 Å². The van der Waals surface area contributed by atoms with E-state index in [9.17, 15) is 9.90 Å². The highest BCUT2D eigenvalue weighted by Gasteiger charge is 2.18. The molecule has 0 saturated heterocycles. The zero-order chi connectivity index (χ0) is 11.7. The molecule has 0 aliphatic carbocycles. The van der Waals surface area contributed by atoms with E-state index < -0.39 is 5.91 Å². The summed E-state index contributed by atoms with van der Waals surface area (Å²) in [6.07, 6.45) is 0. The highest BCUT2D eigenvalue weighted by atomic mass is 16.3. The smallest absolute Gasteiger partial charge is 0.271 e. The average molecular weight is 218 g/mol. The molecule has 0 atom stereocenters. The summed E-state index contributed by atoms with van der Waals surface area (Å²) in [5.74, 6) is -0.622. The number of phenolic OH excluding ortho intramolecular Hbond substituents is 1. The number of nitrogens with one attached hydrogen (secondary N) is 1. The molecule has 0 aliphatic heterocycles. The summed E-state index contributed by atoms with van der Waals surface area (Å²) < 4.78 is 0. The maximum atomic E-state index is 11.1. The van der Waals surface area contributed by atoms with Crippen molar-refractivity contribution in [3.8, 4) is 17.0 Å².